The molecule has 0 aliphatic rings. The van der Waals surface area contributed by atoms with Gasteiger partial charge in [-0.15, -0.1) is 5.10 Å². The second kappa shape index (κ2) is 7.22. The molecule has 27 heavy (non-hydrogen) atoms. The molecule has 0 atom stereocenters. The predicted octanol–water partition coefficient (Wildman–Crippen LogP) is 4.41. The lowest BCUT2D eigenvalue weighted by Crippen LogP contribution is -2.14. The third-order valence-corrected chi connectivity index (χ3v) is 4.15. The molecule has 0 fully saturated rings. The van der Waals surface area contributed by atoms with E-state index in [4.69, 9.17) is 0 Å². The van der Waals surface area contributed by atoms with Crippen LogP contribution in [0.25, 0.3) is 5.69 Å². The minimum atomic E-state index is -4.46. The molecule has 8 heteroatoms. The van der Waals surface area contributed by atoms with Crippen LogP contribution in [0.5, 0.6) is 0 Å². The van der Waals surface area contributed by atoms with Gasteiger partial charge in [-0.1, -0.05) is 30.3 Å². The van der Waals surface area contributed by atoms with Crippen molar-refractivity contribution in [1.29, 1.82) is 0 Å². The Hall–Kier alpha value is -3.16. The standard InChI is InChI=1S/C19H17F3N4O/c1-3-13-7-9-15(10-8-13)23-18(27)17-12(2)26(25-24-17)16-6-4-5-14(11-16)19(20,21)22/h4-11H,3H2,1-2H3,(H,23,27). The molecular weight excluding hydrogens is 357 g/mol. The van der Waals surface area contributed by atoms with Crippen LogP contribution in [-0.4, -0.2) is 20.9 Å². The van der Waals surface area contributed by atoms with Crippen LogP contribution >= 0.6 is 0 Å². The molecule has 0 aliphatic heterocycles. The van der Waals surface area contributed by atoms with Crippen molar-refractivity contribution in [1.82, 2.24) is 15.0 Å². The van der Waals surface area contributed by atoms with Crippen LogP contribution in [0.3, 0.4) is 0 Å². The summed E-state index contributed by atoms with van der Waals surface area (Å²) in [5.41, 5.74) is 1.52. The molecule has 0 aliphatic carbocycles. The molecule has 0 bridgehead atoms. The van der Waals surface area contributed by atoms with Crippen LogP contribution in [0.15, 0.2) is 48.5 Å². The lowest BCUT2D eigenvalue weighted by molar-refractivity contribution is -0.137. The Kier molecular flexibility index (Phi) is 4.98. The quantitative estimate of drug-likeness (QED) is 0.736. The van der Waals surface area contributed by atoms with Crippen molar-refractivity contribution < 1.29 is 18.0 Å². The van der Waals surface area contributed by atoms with E-state index in [0.717, 1.165) is 24.1 Å². The van der Waals surface area contributed by atoms with Gasteiger partial charge in [-0.25, -0.2) is 4.68 Å². The van der Waals surface area contributed by atoms with Gasteiger partial charge in [0.1, 0.15) is 0 Å². The first kappa shape index (κ1) is 18.6. The van der Waals surface area contributed by atoms with E-state index >= 15 is 0 Å². The molecule has 0 saturated heterocycles. The lowest BCUT2D eigenvalue weighted by Gasteiger charge is -2.09. The van der Waals surface area contributed by atoms with E-state index in [-0.39, 0.29) is 11.4 Å². The number of aryl methyl sites for hydroxylation is 1. The van der Waals surface area contributed by atoms with Crippen LogP contribution in [-0.2, 0) is 12.6 Å². The number of anilines is 1. The fourth-order valence-corrected chi connectivity index (χ4v) is 2.61. The largest absolute Gasteiger partial charge is 0.416 e. The summed E-state index contributed by atoms with van der Waals surface area (Å²) >= 11 is 0. The number of halogens is 3. The number of alkyl halides is 3. The predicted molar refractivity (Wildman–Crippen MR) is 94.9 cm³/mol. The first-order valence-electron chi connectivity index (χ1n) is 8.30. The third-order valence-electron chi connectivity index (χ3n) is 4.15. The summed E-state index contributed by atoms with van der Waals surface area (Å²) in [7, 11) is 0. The number of amides is 1. The van der Waals surface area contributed by atoms with Crippen molar-refractivity contribution in [2.24, 2.45) is 0 Å². The zero-order chi connectivity index (χ0) is 19.6. The number of benzene rings is 2. The van der Waals surface area contributed by atoms with Crippen molar-refractivity contribution in [2.75, 3.05) is 5.32 Å². The highest BCUT2D eigenvalue weighted by molar-refractivity contribution is 6.03. The molecule has 140 valence electrons. The molecule has 0 radical (unpaired) electrons. The van der Waals surface area contributed by atoms with Crippen LogP contribution in [0, 0.1) is 6.92 Å². The number of nitrogens with zero attached hydrogens (tertiary/aromatic N) is 3. The summed E-state index contributed by atoms with van der Waals surface area (Å²) in [4.78, 5) is 12.5. The third kappa shape index (κ3) is 3.99. The SMILES string of the molecule is CCc1ccc(NC(=O)c2nnn(-c3cccc(C(F)(F)F)c3)c2C)cc1. The van der Waals surface area contributed by atoms with E-state index in [1.54, 1.807) is 19.1 Å². The fraction of sp³-hybridized carbons (Fsp3) is 0.211. The Labute approximate surface area is 153 Å². The topological polar surface area (TPSA) is 59.8 Å². The Morgan fingerprint density at radius 1 is 1.15 bits per heavy atom. The maximum absolute atomic E-state index is 12.9. The van der Waals surface area contributed by atoms with Gasteiger partial charge in [0, 0.05) is 5.69 Å². The van der Waals surface area contributed by atoms with E-state index in [9.17, 15) is 18.0 Å². The number of carbonyl (C=O) groups is 1. The van der Waals surface area contributed by atoms with Gasteiger partial charge < -0.3 is 5.32 Å². The molecule has 0 spiro atoms. The molecule has 1 aromatic heterocycles. The van der Waals surface area contributed by atoms with Crippen LogP contribution < -0.4 is 5.32 Å². The van der Waals surface area contributed by atoms with E-state index < -0.39 is 17.6 Å². The van der Waals surface area contributed by atoms with Crippen molar-refractivity contribution in [3.63, 3.8) is 0 Å². The van der Waals surface area contributed by atoms with Gasteiger partial charge in [0.05, 0.1) is 16.9 Å². The minimum absolute atomic E-state index is 0.0481. The number of carbonyl (C=O) groups excluding carboxylic acids is 1. The van der Waals surface area contributed by atoms with E-state index in [0.29, 0.717) is 11.4 Å². The highest BCUT2D eigenvalue weighted by Gasteiger charge is 2.31. The average Bonchev–Trinajstić information content (AvgIpc) is 3.03. The summed E-state index contributed by atoms with van der Waals surface area (Å²) in [6.45, 7) is 3.61. The van der Waals surface area contributed by atoms with Crippen molar-refractivity contribution in [3.8, 4) is 5.69 Å². The van der Waals surface area contributed by atoms with Crippen molar-refractivity contribution in [2.45, 2.75) is 26.4 Å². The maximum Gasteiger partial charge on any atom is 0.416 e. The first-order valence-corrected chi connectivity index (χ1v) is 8.30. The number of hydrogen-bond acceptors (Lipinski definition) is 3. The zero-order valence-corrected chi connectivity index (χ0v) is 14.7. The summed E-state index contributed by atoms with van der Waals surface area (Å²) in [5, 5.41) is 10.4. The number of hydrogen-bond donors (Lipinski definition) is 1. The Morgan fingerprint density at radius 2 is 1.85 bits per heavy atom. The normalized spacial score (nSPS) is 11.4. The highest BCUT2D eigenvalue weighted by Crippen LogP contribution is 2.30. The molecule has 3 rings (SSSR count). The summed E-state index contributed by atoms with van der Waals surface area (Å²) < 4.78 is 39.9. The Morgan fingerprint density at radius 3 is 2.48 bits per heavy atom. The van der Waals surface area contributed by atoms with Crippen molar-refractivity contribution in [3.05, 3.63) is 71.0 Å². The molecule has 1 heterocycles. The fourth-order valence-electron chi connectivity index (χ4n) is 2.61. The molecule has 2 aromatic carbocycles. The first-order chi connectivity index (χ1) is 12.8. The summed E-state index contributed by atoms with van der Waals surface area (Å²) in [6.07, 6.45) is -3.58. The average molecular weight is 374 g/mol. The number of aromatic nitrogens is 3. The van der Waals surface area contributed by atoms with E-state index in [2.05, 4.69) is 15.6 Å². The van der Waals surface area contributed by atoms with Crippen molar-refractivity contribution >= 4 is 11.6 Å². The monoisotopic (exact) mass is 374 g/mol. The molecule has 0 unspecified atom stereocenters. The van der Waals surface area contributed by atoms with Gasteiger partial charge >= 0.3 is 6.18 Å². The van der Waals surface area contributed by atoms with Gasteiger partial charge in [0.15, 0.2) is 5.69 Å². The summed E-state index contributed by atoms with van der Waals surface area (Å²) in [6, 6.07) is 12.1. The van der Waals surface area contributed by atoms with Gasteiger partial charge in [-0.3, -0.25) is 4.79 Å². The van der Waals surface area contributed by atoms with Crippen LogP contribution in [0.4, 0.5) is 18.9 Å². The number of nitrogens with one attached hydrogen (secondary N) is 1. The second-order valence-electron chi connectivity index (χ2n) is 5.99. The zero-order valence-electron chi connectivity index (χ0n) is 14.7. The van der Waals surface area contributed by atoms with E-state index in [1.807, 2.05) is 19.1 Å². The molecule has 5 nitrogen and oxygen atoms in total. The number of rotatable bonds is 4. The molecule has 0 saturated carbocycles. The molecule has 1 amide bonds. The maximum atomic E-state index is 12.9. The van der Waals surface area contributed by atoms with Gasteiger partial charge in [-0.05, 0) is 49.2 Å². The Balaban J connectivity index is 1.85. The van der Waals surface area contributed by atoms with Crippen LogP contribution in [0.2, 0.25) is 0 Å². The minimum Gasteiger partial charge on any atom is -0.321 e. The van der Waals surface area contributed by atoms with E-state index in [1.165, 1.54) is 16.8 Å². The lowest BCUT2D eigenvalue weighted by atomic mass is 10.1. The van der Waals surface area contributed by atoms with Gasteiger partial charge in [-0.2, -0.15) is 13.2 Å². The molecular formula is C19H17F3N4O. The smallest absolute Gasteiger partial charge is 0.321 e. The van der Waals surface area contributed by atoms with Gasteiger partial charge in [0.25, 0.3) is 5.91 Å². The second-order valence-corrected chi connectivity index (χ2v) is 5.99. The van der Waals surface area contributed by atoms with Gasteiger partial charge in [0.2, 0.25) is 0 Å². The molecule has 3 aromatic rings. The Bertz CT molecular complexity index is 962. The summed E-state index contributed by atoms with van der Waals surface area (Å²) in [5.74, 6) is -0.477. The highest BCUT2D eigenvalue weighted by atomic mass is 19.4. The molecule has 1 N–H and O–H groups in total. The van der Waals surface area contributed by atoms with Crippen LogP contribution in [0.1, 0.15) is 34.2 Å².